The van der Waals surface area contributed by atoms with Gasteiger partial charge in [-0.15, -0.1) is 0 Å². The largest absolute Gasteiger partial charge is 0.489 e. The third kappa shape index (κ3) is 4.74. The molecule has 2 N–H and O–H groups in total. The molecule has 0 saturated carbocycles. The van der Waals surface area contributed by atoms with E-state index in [9.17, 15) is 5.11 Å². The van der Waals surface area contributed by atoms with E-state index in [1.807, 2.05) is 48.5 Å². The number of halogens is 1. The van der Waals surface area contributed by atoms with E-state index in [0.717, 1.165) is 24.2 Å². The van der Waals surface area contributed by atoms with Gasteiger partial charge in [-0.2, -0.15) is 0 Å². The SMILES string of the molecule is CCNCc1ccc(OCC(O)c2ccccc2)c(Cl)c1. The van der Waals surface area contributed by atoms with Crippen molar-refractivity contribution in [2.75, 3.05) is 13.2 Å². The first-order chi connectivity index (χ1) is 10.2. The second-order valence-corrected chi connectivity index (χ2v) is 5.19. The zero-order chi connectivity index (χ0) is 15.1. The van der Waals surface area contributed by atoms with Gasteiger partial charge in [0.25, 0.3) is 0 Å². The van der Waals surface area contributed by atoms with Gasteiger partial charge in [-0.3, -0.25) is 0 Å². The summed E-state index contributed by atoms with van der Waals surface area (Å²) in [5, 5.41) is 13.9. The lowest BCUT2D eigenvalue weighted by molar-refractivity contribution is 0.108. The molecule has 3 nitrogen and oxygen atoms in total. The topological polar surface area (TPSA) is 41.5 Å². The zero-order valence-electron chi connectivity index (χ0n) is 12.1. The summed E-state index contributed by atoms with van der Waals surface area (Å²) in [6.45, 7) is 3.93. The van der Waals surface area contributed by atoms with Gasteiger partial charge < -0.3 is 15.2 Å². The Kier molecular flexibility index (Phi) is 6.05. The van der Waals surface area contributed by atoms with Gasteiger partial charge >= 0.3 is 0 Å². The van der Waals surface area contributed by atoms with Crippen LogP contribution in [0.15, 0.2) is 48.5 Å². The second-order valence-electron chi connectivity index (χ2n) is 4.78. The van der Waals surface area contributed by atoms with Crippen LogP contribution in [0.25, 0.3) is 0 Å². The molecule has 0 aliphatic heterocycles. The fraction of sp³-hybridized carbons (Fsp3) is 0.294. The summed E-state index contributed by atoms with van der Waals surface area (Å²) in [5.74, 6) is 0.590. The van der Waals surface area contributed by atoms with Gasteiger partial charge in [0.1, 0.15) is 18.5 Å². The zero-order valence-corrected chi connectivity index (χ0v) is 12.8. The Morgan fingerprint density at radius 3 is 2.62 bits per heavy atom. The highest BCUT2D eigenvalue weighted by Crippen LogP contribution is 2.26. The Hall–Kier alpha value is -1.55. The Balaban J connectivity index is 1.94. The third-order valence-electron chi connectivity index (χ3n) is 3.16. The standard InChI is InChI=1S/C17H20ClNO2/c1-2-19-11-13-8-9-17(15(18)10-13)21-12-16(20)14-6-4-3-5-7-14/h3-10,16,19-20H,2,11-12H2,1H3. The van der Waals surface area contributed by atoms with E-state index in [4.69, 9.17) is 16.3 Å². The molecule has 0 fully saturated rings. The highest BCUT2D eigenvalue weighted by atomic mass is 35.5. The van der Waals surface area contributed by atoms with Crippen molar-refractivity contribution in [1.82, 2.24) is 5.32 Å². The molecule has 21 heavy (non-hydrogen) atoms. The van der Waals surface area contributed by atoms with Crippen LogP contribution in [0.1, 0.15) is 24.2 Å². The predicted molar refractivity (Wildman–Crippen MR) is 85.7 cm³/mol. The highest BCUT2D eigenvalue weighted by molar-refractivity contribution is 6.32. The van der Waals surface area contributed by atoms with Gasteiger partial charge in [0, 0.05) is 6.54 Å². The van der Waals surface area contributed by atoms with Crippen LogP contribution in [-0.4, -0.2) is 18.3 Å². The van der Waals surface area contributed by atoms with Crippen molar-refractivity contribution in [2.45, 2.75) is 19.6 Å². The van der Waals surface area contributed by atoms with Gasteiger partial charge in [0.2, 0.25) is 0 Å². The molecule has 0 amide bonds. The molecule has 0 spiro atoms. The molecular weight excluding hydrogens is 286 g/mol. The number of aliphatic hydroxyl groups is 1. The molecule has 4 heteroatoms. The summed E-state index contributed by atoms with van der Waals surface area (Å²) in [4.78, 5) is 0. The van der Waals surface area contributed by atoms with E-state index < -0.39 is 6.10 Å². The number of aliphatic hydroxyl groups excluding tert-OH is 1. The summed E-state index contributed by atoms with van der Waals surface area (Å²) < 4.78 is 5.61. The fourth-order valence-corrected chi connectivity index (χ4v) is 2.24. The first kappa shape index (κ1) is 15.8. The molecular formula is C17H20ClNO2. The molecule has 2 aromatic carbocycles. The Labute approximate surface area is 130 Å². The van der Waals surface area contributed by atoms with Gasteiger partial charge in [-0.25, -0.2) is 0 Å². The average Bonchev–Trinajstić information content (AvgIpc) is 2.52. The molecule has 0 aliphatic rings. The minimum atomic E-state index is -0.663. The van der Waals surface area contributed by atoms with E-state index >= 15 is 0 Å². The van der Waals surface area contributed by atoms with Crippen LogP contribution in [0, 0.1) is 0 Å². The molecule has 1 atom stereocenters. The van der Waals surface area contributed by atoms with Gasteiger partial charge in [-0.1, -0.05) is 54.9 Å². The normalized spacial score (nSPS) is 12.1. The molecule has 0 aliphatic carbocycles. The lowest BCUT2D eigenvalue weighted by Crippen LogP contribution is -2.12. The van der Waals surface area contributed by atoms with E-state index in [2.05, 4.69) is 12.2 Å². The summed E-state index contributed by atoms with van der Waals surface area (Å²) in [6.07, 6.45) is -0.663. The van der Waals surface area contributed by atoms with Crippen LogP contribution in [0.5, 0.6) is 5.75 Å². The molecule has 0 heterocycles. The predicted octanol–water partition coefficient (Wildman–Crippen LogP) is 3.56. The average molecular weight is 306 g/mol. The van der Waals surface area contributed by atoms with E-state index in [1.54, 1.807) is 0 Å². The summed E-state index contributed by atoms with van der Waals surface area (Å²) >= 11 is 6.20. The first-order valence-electron chi connectivity index (χ1n) is 7.05. The monoisotopic (exact) mass is 305 g/mol. The van der Waals surface area contributed by atoms with Crippen molar-refractivity contribution in [3.63, 3.8) is 0 Å². The molecule has 112 valence electrons. The lowest BCUT2D eigenvalue weighted by Gasteiger charge is -2.14. The maximum atomic E-state index is 10.1. The molecule has 2 aromatic rings. The Bertz CT molecular complexity index is 560. The van der Waals surface area contributed by atoms with Gasteiger partial charge in [0.15, 0.2) is 0 Å². The van der Waals surface area contributed by atoms with Crippen molar-refractivity contribution in [1.29, 1.82) is 0 Å². The molecule has 0 bridgehead atoms. The number of nitrogens with one attached hydrogen (secondary N) is 1. The van der Waals surface area contributed by atoms with Crippen LogP contribution >= 0.6 is 11.6 Å². The van der Waals surface area contributed by atoms with Crippen LogP contribution in [-0.2, 0) is 6.54 Å². The van der Waals surface area contributed by atoms with Crippen LogP contribution in [0.3, 0.4) is 0 Å². The number of hydrogen-bond acceptors (Lipinski definition) is 3. The highest BCUT2D eigenvalue weighted by Gasteiger charge is 2.09. The smallest absolute Gasteiger partial charge is 0.138 e. The molecule has 0 radical (unpaired) electrons. The van der Waals surface area contributed by atoms with Gasteiger partial charge in [0.05, 0.1) is 5.02 Å². The lowest BCUT2D eigenvalue weighted by atomic mass is 10.1. The summed E-state index contributed by atoms with van der Waals surface area (Å²) in [6, 6.07) is 15.1. The maximum absolute atomic E-state index is 10.1. The third-order valence-corrected chi connectivity index (χ3v) is 3.45. The molecule has 0 saturated heterocycles. The molecule has 1 unspecified atom stereocenters. The van der Waals surface area contributed by atoms with Crippen molar-refractivity contribution in [3.8, 4) is 5.75 Å². The molecule has 2 rings (SSSR count). The quantitative estimate of drug-likeness (QED) is 0.822. The number of ether oxygens (including phenoxy) is 1. The molecule has 0 aromatic heterocycles. The van der Waals surface area contributed by atoms with Crippen molar-refractivity contribution in [3.05, 3.63) is 64.7 Å². The first-order valence-corrected chi connectivity index (χ1v) is 7.43. The van der Waals surface area contributed by atoms with Crippen LogP contribution < -0.4 is 10.1 Å². The van der Waals surface area contributed by atoms with Crippen LogP contribution in [0.2, 0.25) is 5.02 Å². The number of hydrogen-bond donors (Lipinski definition) is 2. The Morgan fingerprint density at radius 2 is 1.95 bits per heavy atom. The van der Waals surface area contributed by atoms with E-state index in [-0.39, 0.29) is 6.61 Å². The maximum Gasteiger partial charge on any atom is 0.138 e. The second kappa shape index (κ2) is 8.03. The Morgan fingerprint density at radius 1 is 1.19 bits per heavy atom. The van der Waals surface area contributed by atoms with E-state index in [0.29, 0.717) is 10.8 Å². The minimum Gasteiger partial charge on any atom is -0.489 e. The van der Waals surface area contributed by atoms with Crippen LogP contribution in [0.4, 0.5) is 0 Å². The fourth-order valence-electron chi connectivity index (χ4n) is 1.98. The van der Waals surface area contributed by atoms with E-state index in [1.165, 1.54) is 0 Å². The number of rotatable bonds is 7. The summed E-state index contributed by atoms with van der Waals surface area (Å²) in [7, 11) is 0. The van der Waals surface area contributed by atoms with Crippen molar-refractivity contribution >= 4 is 11.6 Å². The van der Waals surface area contributed by atoms with Crippen molar-refractivity contribution in [2.24, 2.45) is 0 Å². The van der Waals surface area contributed by atoms with Crippen molar-refractivity contribution < 1.29 is 9.84 Å². The number of benzene rings is 2. The minimum absolute atomic E-state index is 0.177. The summed E-state index contributed by atoms with van der Waals surface area (Å²) in [5.41, 5.74) is 1.94. The van der Waals surface area contributed by atoms with Gasteiger partial charge in [-0.05, 0) is 29.8 Å².